The highest BCUT2D eigenvalue weighted by Gasteiger charge is 2.29. The van der Waals surface area contributed by atoms with E-state index in [1.165, 1.54) is 29.5 Å². The summed E-state index contributed by atoms with van der Waals surface area (Å²) >= 11 is 1.35. The molecule has 0 amide bonds. The summed E-state index contributed by atoms with van der Waals surface area (Å²) in [5, 5.41) is 0.513. The van der Waals surface area contributed by atoms with Crippen LogP contribution in [0.1, 0.15) is 42.1 Å². The summed E-state index contributed by atoms with van der Waals surface area (Å²) in [4.78, 5) is 8.78. The van der Waals surface area contributed by atoms with Gasteiger partial charge in [-0.2, -0.15) is 18.2 Å². The molecule has 0 unspecified atom stereocenters. The molecule has 0 radical (unpaired) electrons. The number of nitrogens with zero attached hydrogens (tertiary/aromatic N) is 2. The van der Waals surface area contributed by atoms with Crippen LogP contribution in [-0.4, -0.2) is 9.97 Å². The van der Waals surface area contributed by atoms with Gasteiger partial charge in [-0.3, -0.25) is 0 Å². The van der Waals surface area contributed by atoms with E-state index in [9.17, 15) is 13.2 Å². The normalized spacial score (nSPS) is 11.7. The number of ether oxygens (including phenoxy) is 1. The second-order valence-corrected chi connectivity index (χ2v) is 7.88. The molecular weight excluding hydrogens is 397 g/mol. The molecule has 2 aromatic carbocycles. The van der Waals surface area contributed by atoms with Crippen LogP contribution < -0.4 is 4.74 Å². The molecule has 0 aliphatic heterocycles. The lowest BCUT2D eigenvalue weighted by Gasteiger charge is -2.10. The van der Waals surface area contributed by atoms with Crippen LogP contribution in [0.4, 0.5) is 13.2 Å². The zero-order valence-electron chi connectivity index (χ0n) is 16.3. The van der Waals surface area contributed by atoms with E-state index in [1.807, 2.05) is 31.2 Å². The van der Waals surface area contributed by atoms with Crippen LogP contribution >= 0.6 is 11.8 Å². The number of benzene rings is 2. The van der Waals surface area contributed by atoms with Crippen LogP contribution in [0.5, 0.6) is 11.6 Å². The van der Waals surface area contributed by atoms with Crippen molar-refractivity contribution >= 4 is 11.8 Å². The van der Waals surface area contributed by atoms with Crippen molar-refractivity contribution in [3.05, 3.63) is 77.0 Å². The van der Waals surface area contributed by atoms with Gasteiger partial charge in [-0.05, 0) is 48.2 Å². The van der Waals surface area contributed by atoms with Gasteiger partial charge in [-0.25, -0.2) is 4.98 Å². The second-order valence-electron chi connectivity index (χ2n) is 6.94. The zero-order chi connectivity index (χ0) is 21.0. The van der Waals surface area contributed by atoms with Gasteiger partial charge in [0.25, 0.3) is 0 Å². The SMILES string of the molecule is Cc1cc(Oc2ccc(C(C)C)cc2)nc(SCc2ccc(C(F)(F)F)cc2)n1. The lowest BCUT2D eigenvalue weighted by Crippen LogP contribution is -2.04. The molecule has 0 fully saturated rings. The third-order valence-corrected chi connectivity index (χ3v) is 5.15. The first-order valence-electron chi connectivity index (χ1n) is 9.13. The van der Waals surface area contributed by atoms with Crippen molar-refractivity contribution in [3.63, 3.8) is 0 Å². The number of aryl methyl sites for hydroxylation is 1. The summed E-state index contributed by atoms with van der Waals surface area (Å²) in [5.74, 6) is 2.03. The van der Waals surface area contributed by atoms with E-state index < -0.39 is 11.7 Å². The number of aromatic nitrogens is 2. The lowest BCUT2D eigenvalue weighted by atomic mass is 10.0. The van der Waals surface area contributed by atoms with Crippen molar-refractivity contribution in [2.45, 2.75) is 43.8 Å². The van der Waals surface area contributed by atoms with Gasteiger partial charge in [0.15, 0.2) is 5.16 Å². The number of alkyl halides is 3. The molecule has 7 heteroatoms. The van der Waals surface area contributed by atoms with E-state index in [2.05, 4.69) is 23.8 Å². The van der Waals surface area contributed by atoms with Gasteiger partial charge >= 0.3 is 6.18 Å². The van der Waals surface area contributed by atoms with E-state index in [4.69, 9.17) is 4.74 Å². The fourth-order valence-electron chi connectivity index (χ4n) is 2.61. The highest BCUT2D eigenvalue weighted by molar-refractivity contribution is 7.98. The van der Waals surface area contributed by atoms with E-state index in [-0.39, 0.29) is 0 Å². The van der Waals surface area contributed by atoms with Gasteiger partial charge in [0.1, 0.15) is 5.75 Å². The maximum absolute atomic E-state index is 12.7. The molecule has 1 heterocycles. The van der Waals surface area contributed by atoms with Gasteiger partial charge < -0.3 is 4.74 Å². The number of hydrogen-bond donors (Lipinski definition) is 0. The average molecular weight is 418 g/mol. The largest absolute Gasteiger partial charge is 0.439 e. The van der Waals surface area contributed by atoms with Gasteiger partial charge in [-0.15, -0.1) is 0 Å². The fraction of sp³-hybridized carbons (Fsp3) is 0.273. The Bertz CT molecular complexity index is 955. The van der Waals surface area contributed by atoms with Gasteiger partial charge in [0.05, 0.1) is 5.56 Å². The summed E-state index contributed by atoms with van der Waals surface area (Å²) in [6.07, 6.45) is -4.33. The molecular formula is C22H21F3N2OS. The molecule has 1 aromatic heterocycles. The Balaban J connectivity index is 1.67. The predicted molar refractivity (Wildman–Crippen MR) is 108 cm³/mol. The Morgan fingerprint density at radius 1 is 0.966 bits per heavy atom. The number of halogens is 3. The van der Waals surface area contributed by atoms with Crippen LogP contribution in [0.25, 0.3) is 0 Å². The third-order valence-electron chi connectivity index (χ3n) is 4.23. The molecule has 0 saturated heterocycles. The number of thioether (sulfide) groups is 1. The van der Waals surface area contributed by atoms with Crippen LogP contribution in [0, 0.1) is 6.92 Å². The average Bonchev–Trinajstić information content (AvgIpc) is 2.66. The lowest BCUT2D eigenvalue weighted by molar-refractivity contribution is -0.137. The Kier molecular flexibility index (Phi) is 6.47. The van der Waals surface area contributed by atoms with Crippen LogP contribution in [0.3, 0.4) is 0 Å². The van der Waals surface area contributed by atoms with E-state index in [1.54, 1.807) is 6.07 Å². The van der Waals surface area contributed by atoms with E-state index in [0.717, 1.165) is 23.4 Å². The van der Waals surface area contributed by atoms with Crippen molar-refractivity contribution in [1.29, 1.82) is 0 Å². The molecule has 152 valence electrons. The summed E-state index contributed by atoms with van der Waals surface area (Å²) < 4.78 is 43.8. The Hall–Kier alpha value is -2.54. The van der Waals surface area contributed by atoms with Crippen LogP contribution in [0.15, 0.2) is 59.8 Å². The second kappa shape index (κ2) is 8.86. The molecule has 0 aliphatic rings. The first-order valence-corrected chi connectivity index (χ1v) is 10.1. The van der Waals surface area contributed by atoms with Crippen LogP contribution in [0.2, 0.25) is 0 Å². The minimum atomic E-state index is -4.33. The first-order chi connectivity index (χ1) is 13.7. The van der Waals surface area contributed by atoms with Gasteiger partial charge in [0.2, 0.25) is 5.88 Å². The molecule has 0 atom stereocenters. The van der Waals surface area contributed by atoms with Crippen LogP contribution in [-0.2, 0) is 11.9 Å². The smallest absolute Gasteiger partial charge is 0.416 e. The summed E-state index contributed by atoms with van der Waals surface area (Å²) in [6.45, 7) is 6.10. The molecule has 0 bridgehead atoms. The maximum atomic E-state index is 12.7. The fourth-order valence-corrected chi connectivity index (χ4v) is 3.46. The van der Waals surface area contributed by atoms with Gasteiger partial charge in [-0.1, -0.05) is 49.9 Å². The maximum Gasteiger partial charge on any atom is 0.416 e. The van der Waals surface area contributed by atoms with Crippen molar-refractivity contribution in [2.75, 3.05) is 0 Å². The summed E-state index contributed by atoms with van der Waals surface area (Å²) in [7, 11) is 0. The number of hydrogen-bond acceptors (Lipinski definition) is 4. The van der Waals surface area contributed by atoms with Gasteiger partial charge in [0, 0.05) is 17.5 Å². The van der Waals surface area contributed by atoms with E-state index in [0.29, 0.717) is 28.5 Å². The minimum absolute atomic E-state index is 0.435. The third kappa shape index (κ3) is 5.97. The number of rotatable bonds is 6. The molecule has 0 saturated carbocycles. The standard InChI is InChI=1S/C22H21F3N2OS/c1-14(2)17-6-10-19(11-7-17)28-20-12-15(3)26-21(27-20)29-13-16-4-8-18(9-5-16)22(23,24)25/h4-12,14H,13H2,1-3H3. The summed E-state index contributed by atoms with van der Waals surface area (Å²) in [5.41, 5.74) is 2.09. The van der Waals surface area contributed by atoms with E-state index >= 15 is 0 Å². The van der Waals surface area contributed by atoms with Crippen molar-refractivity contribution in [2.24, 2.45) is 0 Å². The first kappa shape index (κ1) is 21.2. The predicted octanol–water partition coefficient (Wildman–Crippen LogP) is 7.01. The molecule has 29 heavy (non-hydrogen) atoms. The molecule has 0 spiro atoms. The highest BCUT2D eigenvalue weighted by atomic mass is 32.2. The summed E-state index contributed by atoms with van der Waals surface area (Å²) in [6, 6.07) is 14.7. The molecule has 3 aromatic rings. The Morgan fingerprint density at radius 2 is 1.62 bits per heavy atom. The topological polar surface area (TPSA) is 35.0 Å². The molecule has 3 rings (SSSR count). The molecule has 0 aliphatic carbocycles. The quantitative estimate of drug-likeness (QED) is 0.318. The van der Waals surface area contributed by atoms with Crippen molar-refractivity contribution < 1.29 is 17.9 Å². The molecule has 3 nitrogen and oxygen atoms in total. The van der Waals surface area contributed by atoms with Crippen molar-refractivity contribution in [3.8, 4) is 11.6 Å². The monoisotopic (exact) mass is 418 g/mol. The zero-order valence-corrected chi connectivity index (χ0v) is 17.1. The highest BCUT2D eigenvalue weighted by Crippen LogP contribution is 2.30. The Morgan fingerprint density at radius 3 is 2.21 bits per heavy atom. The molecule has 0 N–H and O–H groups in total. The van der Waals surface area contributed by atoms with Crippen molar-refractivity contribution in [1.82, 2.24) is 9.97 Å². The Labute approximate surface area is 172 Å². The minimum Gasteiger partial charge on any atom is -0.439 e.